The highest BCUT2D eigenvalue weighted by Crippen LogP contribution is 2.62. The Morgan fingerprint density at radius 2 is 2.05 bits per heavy atom. The summed E-state index contributed by atoms with van der Waals surface area (Å²) < 4.78 is 6.16. The normalized spacial score (nSPS) is 30.5. The molecule has 2 fully saturated rings. The smallest absolute Gasteiger partial charge is 0.137 e. The van der Waals surface area contributed by atoms with Crippen LogP contribution < -0.4 is 5.32 Å². The van der Waals surface area contributed by atoms with Crippen LogP contribution in [0.3, 0.4) is 0 Å². The quantitative estimate of drug-likeness (QED) is 0.895. The van der Waals surface area contributed by atoms with E-state index in [2.05, 4.69) is 43.6 Å². The van der Waals surface area contributed by atoms with Gasteiger partial charge < -0.3 is 9.73 Å². The molecule has 1 aromatic heterocycles. The second-order valence-electron chi connectivity index (χ2n) is 6.24. The lowest BCUT2D eigenvalue weighted by atomic mass is 10.0. The summed E-state index contributed by atoms with van der Waals surface area (Å²) in [6, 6.07) is 9.02. The van der Waals surface area contributed by atoms with E-state index in [4.69, 9.17) is 4.42 Å². The number of aryl methyl sites for hydroxylation is 1. The zero-order valence-electron chi connectivity index (χ0n) is 11.6. The molecule has 2 aromatic rings. The van der Waals surface area contributed by atoms with Crippen LogP contribution in [0.25, 0.3) is 11.0 Å². The Bertz CT molecular complexity index is 605. The lowest BCUT2D eigenvalue weighted by Crippen LogP contribution is -2.19. The van der Waals surface area contributed by atoms with E-state index >= 15 is 0 Å². The van der Waals surface area contributed by atoms with Crippen LogP contribution >= 0.6 is 0 Å². The van der Waals surface area contributed by atoms with Gasteiger partial charge in [-0.3, -0.25) is 0 Å². The molecule has 1 heterocycles. The molecule has 0 spiro atoms. The minimum Gasteiger partial charge on any atom is -0.459 e. The maximum atomic E-state index is 6.16. The van der Waals surface area contributed by atoms with E-state index in [1.807, 2.05) is 0 Å². The summed E-state index contributed by atoms with van der Waals surface area (Å²) in [6.45, 7) is 2.12. The molecule has 0 saturated heterocycles. The molecule has 3 atom stereocenters. The predicted molar refractivity (Wildman–Crippen MR) is 77.1 cm³/mol. The second-order valence-corrected chi connectivity index (χ2v) is 6.24. The van der Waals surface area contributed by atoms with Gasteiger partial charge in [-0.15, -0.1) is 0 Å². The van der Waals surface area contributed by atoms with Crippen molar-refractivity contribution < 1.29 is 4.42 Å². The van der Waals surface area contributed by atoms with E-state index in [9.17, 15) is 0 Å². The molecule has 0 bridgehead atoms. The van der Waals surface area contributed by atoms with Crippen molar-refractivity contribution in [2.45, 2.75) is 32.2 Å². The molecule has 2 saturated carbocycles. The molecule has 2 aliphatic rings. The maximum absolute atomic E-state index is 6.16. The lowest BCUT2D eigenvalue weighted by molar-refractivity contribution is 0.377. The van der Waals surface area contributed by atoms with Crippen LogP contribution in [0, 0.1) is 24.7 Å². The Hall–Kier alpha value is -1.28. The molecular formula is C17H21NO. The number of hydrogen-bond donors (Lipinski definition) is 1. The second kappa shape index (κ2) is 4.11. The number of para-hydroxylation sites is 1. The summed E-state index contributed by atoms with van der Waals surface area (Å²) in [7, 11) is 2.07. The highest BCUT2D eigenvalue weighted by Gasteiger charge is 2.56. The van der Waals surface area contributed by atoms with Gasteiger partial charge in [0.05, 0.1) is 6.04 Å². The summed E-state index contributed by atoms with van der Waals surface area (Å²) in [4.78, 5) is 0. The molecule has 1 aromatic carbocycles. The van der Waals surface area contributed by atoms with Gasteiger partial charge in [0.15, 0.2) is 0 Å². The van der Waals surface area contributed by atoms with E-state index in [1.165, 1.54) is 30.2 Å². The molecule has 2 heteroatoms. The molecule has 0 radical (unpaired) electrons. The molecule has 100 valence electrons. The highest BCUT2D eigenvalue weighted by atomic mass is 16.3. The third kappa shape index (κ3) is 1.66. The number of fused-ring (bicyclic) bond motifs is 2. The molecule has 4 rings (SSSR count). The van der Waals surface area contributed by atoms with Crippen molar-refractivity contribution in [1.82, 2.24) is 5.32 Å². The Morgan fingerprint density at radius 1 is 1.26 bits per heavy atom. The van der Waals surface area contributed by atoms with Crippen molar-refractivity contribution >= 4 is 11.0 Å². The average molecular weight is 255 g/mol. The Kier molecular flexibility index (Phi) is 2.49. The molecule has 19 heavy (non-hydrogen) atoms. The van der Waals surface area contributed by atoms with Gasteiger partial charge in [-0.05, 0) is 56.2 Å². The van der Waals surface area contributed by atoms with Crippen LogP contribution in [0.4, 0.5) is 0 Å². The molecule has 0 aliphatic heterocycles. The van der Waals surface area contributed by atoms with Crippen LogP contribution in [-0.4, -0.2) is 7.05 Å². The van der Waals surface area contributed by atoms with Crippen LogP contribution in [0.1, 0.15) is 36.6 Å². The first-order chi connectivity index (χ1) is 9.29. The zero-order valence-corrected chi connectivity index (χ0v) is 11.6. The first-order valence-electron chi connectivity index (χ1n) is 7.46. The van der Waals surface area contributed by atoms with Gasteiger partial charge in [-0.1, -0.05) is 24.6 Å². The molecule has 2 aliphatic carbocycles. The fraction of sp³-hybridized carbons (Fsp3) is 0.529. The van der Waals surface area contributed by atoms with Crippen LogP contribution in [0.15, 0.2) is 28.7 Å². The van der Waals surface area contributed by atoms with Gasteiger partial charge in [0.1, 0.15) is 11.3 Å². The largest absolute Gasteiger partial charge is 0.459 e. The number of hydrogen-bond acceptors (Lipinski definition) is 2. The number of nitrogens with one attached hydrogen (secondary N) is 1. The highest BCUT2D eigenvalue weighted by molar-refractivity contribution is 5.81. The van der Waals surface area contributed by atoms with E-state index in [-0.39, 0.29) is 0 Å². The SMILES string of the molecule is CNC(c1cc2cccc(C)c2o1)C1C2CCCC21. The Morgan fingerprint density at radius 3 is 2.74 bits per heavy atom. The van der Waals surface area contributed by atoms with Crippen molar-refractivity contribution in [2.24, 2.45) is 17.8 Å². The predicted octanol–water partition coefficient (Wildman–Crippen LogP) is 4.05. The van der Waals surface area contributed by atoms with Crippen LogP contribution in [-0.2, 0) is 0 Å². The molecule has 0 amide bonds. The van der Waals surface area contributed by atoms with Gasteiger partial charge in [-0.2, -0.15) is 0 Å². The Balaban J connectivity index is 1.70. The number of rotatable bonds is 3. The number of furan rings is 1. The molecule has 3 unspecified atom stereocenters. The van der Waals surface area contributed by atoms with E-state index in [1.54, 1.807) is 0 Å². The number of benzene rings is 1. The van der Waals surface area contributed by atoms with Gasteiger partial charge in [0.2, 0.25) is 0 Å². The van der Waals surface area contributed by atoms with Gasteiger partial charge >= 0.3 is 0 Å². The zero-order chi connectivity index (χ0) is 13.0. The van der Waals surface area contributed by atoms with Crippen molar-refractivity contribution in [3.8, 4) is 0 Å². The maximum Gasteiger partial charge on any atom is 0.137 e. The topological polar surface area (TPSA) is 25.2 Å². The van der Waals surface area contributed by atoms with Crippen molar-refractivity contribution in [2.75, 3.05) is 7.05 Å². The lowest BCUT2D eigenvalue weighted by Gasteiger charge is -2.15. The average Bonchev–Trinajstić information content (AvgIpc) is 2.84. The van der Waals surface area contributed by atoms with Crippen molar-refractivity contribution in [1.29, 1.82) is 0 Å². The third-order valence-corrected chi connectivity index (χ3v) is 5.24. The van der Waals surface area contributed by atoms with Crippen molar-refractivity contribution in [3.63, 3.8) is 0 Å². The van der Waals surface area contributed by atoms with E-state index in [0.717, 1.165) is 29.1 Å². The fourth-order valence-corrected chi connectivity index (χ4v) is 4.28. The third-order valence-electron chi connectivity index (χ3n) is 5.24. The van der Waals surface area contributed by atoms with Crippen molar-refractivity contribution in [3.05, 3.63) is 35.6 Å². The monoisotopic (exact) mass is 255 g/mol. The summed E-state index contributed by atoms with van der Waals surface area (Å²) in [5.41, 5.74) is 2.29. The first-order valence-corrected chi connectivity index (χ1v) is 7.46. The molecule has 1 N–H and O–H groups in total. The minimum atomic E-state index is 0.405. The van der Waals surface area contributed by atoms with Crippen LogP contribution in [0.5, 0.6) is 0 Å². The summed E-state index contributed by atoms with van der Waals surface area (Å²) in [5.74, 6) is 3.84. The van der Waals surface area contributed by atoms with Gasteiger partial charge in [0.25, 0.3) is 0 Å². The minimum absolute atomic E-state index is 0.405. The molecular weight excluding hydrogens is 234 g/mol. The Labute approximate surface area is 114 Å². The fourth-order valence-electron chi connectivity index (χ4n) is 4.28. The van der Waals surface area contributed by atoms with E-state index in [0.29, 0.717) is 6.04 Å². The molecule has 2 nitrogen and oxygen atoms in total. The summed E-state index contributed by atoms with van der Waals surface area (Å²) >= 11 is 0. The first kappa shape index (κ1) is 11.5. The van der Waals surface area contributed by atoms with Crippen LogP contribution in [0.2, 0.25) is 0 Å². The summed E-state index contributed by atoms with van der Waals surface area (Å²) in [5, 5.41) is 4.73. The summed E-state index contributed by atoms with van der Waals surface area (Å²) in [6.07, 6.45) is 4.28. The van der Waals surface area contributed by atoms with E-state index < -0.39 is 0 Å². The van der Waals surface area contributed by atoms with Gasteiger partial charge in [0, 0.05) is 5.39 Å². The van der Waals surface area contributed by atoms with Gasteiger partial charge in [-0.25, -0.2) is 0 Å². The standard InChI is InChI=1S/C17H21NO/c1-10-5-3-6-11-9-14(19-17(10)11)16(18-2)15-12-7-4-8-13(12)15/h3,5-6,9,12-13,15-16,18H,4,7-8H2,1-2H3.